The lowest BCUT2D eigenvalue weighted by atomic mass is 9.94. The van der Waals surface area contributed by atoms with Crippen LogP contribution < -0.4 is 0 Å². The van der Waals surface area contributed by atoms with E-state index in [0.29, 0.717) is 0 Å². The van der Waals surface area contributed by atoms with Gasteiger partial charge in [-0.15, -0.1) is 0 Å². The lowest BCUT2D eigenvalue weighted by molar-refractivity contribution is 0.837. The van der Waals surface area contributed by atoms with Gasteiger partial charge in [0, 0.05) is 21.5 Å². The number of nitrogens with zero attached hydrogens (tertiary/aromatic N) is 2. The van der Waals surface area contributed by atoms with Crippen LogP contribution in [0.4, 0.5) is 0 Å². The number of pyridine rings is 2. The normalized spacial score (nSPS) is 11.6. The molecule has 0 saturated heterocycles. The van der Waals surface area contributed by atoms with Crippen molar-refractivity contribution in [3.63, 3.8) is 0 Å². The highest BCUT2D eigenvalue weighted by Crippen LogP contribution is 2.30. The molecule has 0 aliphatic rings. The maximum atomic E-state index is 4.88. The van der Waals surface area contributed by atoms with Gasteiger partial charge in [-0.2, -0.15) is 0 Å². The average Bonchev–Trinajstić information content (AvgIpc) is 2.83. The van der Waals surface area contributed by atoms with Gasteiger partial charge in [0.25, 0.3) is 0 Å². The summed E-state index contributed by atoms with van der Waals surface area (Å²) in [6.45, 7) is 0. The molecule has 0 unspecified atom stereocenters. The predicted molar refractivity (Wildman–Crippen MR) is 131 cm³/mol. The summed E-state index contributed by atoms with van der Waals surface area (Å²) in [5.41, 5.74) is 7.13. The maximum Gasteiger partial charge on any atom is 0.0712 e. The Morgan fingerprint density at radius 2 is 0.677 bits per heavy atom. The summed E-state index contributed by atoms with van der Waals surface area (Å²) in [5, 5.41) is 5.08. The molecule has 2 heteroatoms. The fourth-order valence-corrected chi connectivity index (χ4v) is 4.84. The van der Waals surface area contributed by atoms with Gasteiger partial charge in [0.2, 0.25) is 0 Å². The van der Waals surface area contributed by atoms with E-state index in [9.17, 15) is 0 Å². The van der Waals surface area contributed by atoms with Crippen LogP contribution >= 0.6 is 0 Å². The van der Waals surface area contributed by atoms with E-state index in [1.54, 1.807) is 0 Å². The van der Waals surface area contributed by atoms with Crippen LogP contribution in [0.25, 0.3) is 43.6 Å². The lowest BCUT2D eigenvalue weighted by Crippen LogP contribution is -1.97. The van der Waals surface area contributed by atoms with E-state index >= 15 is 0 Å². The number of hydrogen-bond donors (Lipinski definition) is 0. The molecule has 0 aliphatic carbocycles. The van der Waals surface area contributed by atoms with Crippen LogP contribution in [0.5, 0.6) is 0 Å². The van der Waals surface area contributed by atoms with Crippen molar-refractivity contribution >= 4 is 43.6 Å². The molecule has 0 saturated carbocycles. The van der Waals surface area contributed by atoms with Crippen molar-refractivity contribution in [3.05, 3.63) is 108 Å². The summed E-state index contributed by atoms with van der Waals surface area (Å²) in [5.74, 6) is 0. The second kappa shape index (κ2) is 7.48. The van der Waals surface area contributed by atoms with Gasteiger partial charge < -0.3 is 0 Å². The molecule has 2 aromatic heterocycles. The topological polar surface area (TPSA) is 25.8 Å². The Morgan fingerprint density at radius 3 is 1.00 bits per heavy atom. The van der Waals surface area contributed by atoms with Gasteiger partial charge in [-0.05, 0) is 54.7 Å². The smallest absolute Gasteiger partial charge is 0.0712 e. The van der Waals surface area contributed by atoms with Gasteiger partial charge in [-0.3, -0.25) is 0 Å². The third kappa shape index (κ3) is 3.12. The van der Waals surface area contributed by atoms with Crippen molar-refractivity contribution in [1.29, 1.82) is 0 Å². The Labute approximate surface area is 181 Å². The first-order valence-electron chi connectivity index (χ1n) is 10.9. The van der Waals surface area contributed by atoms with Gasteiger partial charge in [0.15, 0.2) is 0 Å². The lowest BCUT2D eigenvalue weighted by Gasteiger charge is -2.13. The van der Waals surface area contributed by atoms with Gasteiger partial charge in [0.05, 0.1) is 22.1 Å². The molecule has 4 aromatic carbocycles. The van der Waals surface area contributed by atoms with Crippen molar-refractivity contribution in [2.75, 3.05) is 0 Å². The van der Waals surface area contributed by atoms with Crippen molar-refractivity contribution in [3.8, 4) is 0 Å². The van der Waals surface area contributed by atoms with E-state index in [-0.39, 0.29) is 0 Å². The number of hydrogen-bond acceptors (Lipinski definition) is 2. The maximum absolute atomic E-state index is 4.88. The Kier molecular flexibility index (Phi) is 4.35. The fourth-order valence-electron chi connectivity index (χ4n) is 4.84. The van der Waals surface area contributed by atoms with Crippen LogP contribution in [-0.4, -0.2) is 9.97 Å². The number of aromatic nitrogens is 2. The highest BCUT2D eigenvalue weighted by Gasteiger charge is 2.11. The summed E-state index contributed by atoms with van der Waals surface area (Å²) >= 11 is 0. The van der Waals surface area contributed by atoms with E-state index in [4.69, 9.17) is 9.97 Å². The van der Waals surface area contributed by atoms with Crippen molar-refractivity contribution in [2.24, 2.45) is 0 Å². The molecule has 0 atom stereocenters. The second-order valence-corrected chi connectivity index (χ2v) is 8.10. The molecule has 6 rings (SSSR count). The third-order valence-corrected chi connectivity index (χ3v) is 6.25. The van der Waals surface area contributed by atoms with E-state index in [1.165, 1.54) is 32.7 Å². The van der Waals surface area contributed by atoms with Crippen molar-refractivity contribution in [1.82, 2.24) is 9.97 Å². The van der Waals surface area contributed by atoms with Gasteiger partial charge in [0.1, 0.15) is 0 Å². The number of rotatable bonds is 4. The predicted octanol–water partition coefficient (Wildman–Crippen LogP) is 7.26. The molecule has 31 heavy (non-hydrogen) atoms. The first-order chi connectivity index (χ1) is 15.4. The average molecular weight is 399 g/mol. The Hall–Kier alpha value is -3.78. The summed E-state index contributed by atoms with van der Waals surface area (Å²) in [6, 6.07) is 34.1. The molecule has 2 heterocycles. The van der Waals surface area contributed by atoms with Crippen LogP contribution in [0, 0.1) is 0 Å². The summed E-state index contributed by atoms with van der Waals surface area (Å²) in [6.07, 6.45) is 3.12. The highest BCUT2D eigenvalue weighted by atomic mass is 14.7. The zero-order valence-electron chi connectivity index (χ0n) is 17.3. The number of aryl methyl sites for hydroxylation is 2. The minimum absolute atomic E-state index is 1.02. The quantitative estimate of drug-likeness (QED) is 0.292. The molecule has 0 amide bonds. The second-order valence-electron chi connectivity index (χ2n) is 8.10. The molecule has 0 aliphatic heterocycles. The van der Waals surface area contributed by atoms with Crippen LogP contribution in [0.15, 0.2) is 97.1 Å². The van der Waals surface area contributed by atoms with E-state index in [2.05, 4.69) is 97.1 Å². The van der Waals surface area contributed by atoms with E-state index < -0.39 is 0 Å². The standard InChI is InChI=1S/C29H22N2/c1-5-16-26-22(10-1)20(23-11-2-6-17-27(23)30-26)14-9-15-21-24-12-3-7-18-28(24)31-29-19-8-4-13-25(21)29/h1-8,10-13,16-19H,9,14-15H2. The zero-order valence-corrected chi connectivity index (χ0v) is 17.3. The van der Waals surface area contributed by atoms with E-state index in [0.717, 1.165) is 41.3 Å². The molecular weight excluding hydrogens is 376 g/mol. The van der Waals surface area contributed by atoms with Crippen LogP contribution in [0.2, 0.25) is 0 Å². The molecule has 0 fully saturated rings. The number of para-hydroxylation sites is 4. The number of fused-ring (bicyclic) bond motifs is 4. The molecular formula is C29H22N2. The third-order valence-electron chi connectivity index (χ3n) is 6.25. The fraction of sp³-hybridized carbons (Fsp3) is 0.103. The first-order valence-corrected chi connectivity index (χ1v) is 10.9. The SMILES string of the molecule is c1ccc2c(CCCc3c4ccccc4nc4ccccc34)c3ccccc3nc2c1. The summed E-state index contributed by atoms with van der Waals surface area (Å²) in [7, 11) is 0. The Balaban J connectivity index is 1.43. The molecule has 148 valence electrons. The van der Waals surface area contributed by atoms with Crippen LogP contribution in [-0.2, 0) is 12.8 Å². The molecule has 0 spiro atoms. The van der Waals surface area contributed by atoms with Crippen molar-refractivity contribution in [2.45, 2.75) is 19.3 Å². The molecule has 0 N–H and O–H groups in total. The summed E-state index contributed by atoms with van der Waals surface area (Å²) in [4.78, 5) is 9.76. The molecule has 2 nitrogen and oxygen atoms in total. The van der Waals surface area contributed by atoms with E-state index in [1.807, 2.05) is 0 Å². The first kappa shape index (κ1) is 18.0. The minimum atomic E-state index is 1.02. The van der Waals surface area contributed by atoms with Crippen LogP contribution in [0.1, 0.15) is 17.5 Å². The van der Waals surface area contributed by atoms with Gasteiger partial charge in [-0.1, -0.05) is 72.8 Å². The minimum Gasteiger partial charge on any atom is -0.248 e. The molecule has 0 radical (unpaired) electrons. The van der Waals surface area contributed by atoms with Crippen molar-refractivity contribution < 1.29 is 0 Å². The van der Waals surface area contributed by atoms with Gasteiger partial charge in [-0.25, -0.2) is 9.97 Å². The monoisotopic (exact) mass is 398 g/mol. The summed E-state index contributed by atoms with van der Waals surface area (Å²) < 4.78 is 0. The Morgan fingerprint density at radius 1 is 0.387 bits per heavy atom. The highest BCUT2D eigenvalue weighted by molar-refractivity contribution is 5.98. The van der Waals surface area contributed by atoms with Gasteiger partial charge >= 0.3 is 0 Å². The molecule has 6 aromatic rings. The largest absolute Gasteiger partial charge is 0.248 e. The molecule has 0 bridgehead atoms. The zero-order chi connectivity index (χ0) is 20.6. The Bertz CT molecular complexity index is 1340. The van der Waals surface area contributed by atoms with Crippen LogP contribution in [0.3, 0.4) is 0 Å². The number of benzene rings is 4.